The number of nitrogens with zero attached hydrogens (tertiary/aromatic N) is 1. The van der Waals surface area contributed by atoms with Gasteiger partial charge in [-0.1, -0.05) is 50.1 Å². The van der Waals surface area contributed by atoms with E-state index < -0.39 is 0 Å². The maximum absolute atomic E-state index is 5.57. The van der Waals surface area contributed by atoms with E-state index >= 15 is 0 Å². The number of piperidine rings is 1. The summed E-state index contributed by atoms with van der Waals surface area (Å²) in [7, 11) is 0. The Morgan fingerprint density at radius 3 is 2.46 bits per heavy atom. The van der Waals surface area contributed by atoms with Crippen molar-refractivity contribution in [2.75, 3.05) is 13.1 Å². The Morgan fingerprint density at radius 2 is 1.75 bits per heavy atom. The van der Waals surface area contributed by atoms with E-state index in [0.717, 1.165) is 30.7 Å². The van der Waals surface area contributed by atoms with E-state index in [4.69, 9.17) is 12.2 Å². The summed E-state index contributed by atoms with van der Waals surface area (Å²) in [4.78, 5) is 2.55. The molecule has 3 nitrogen and oxygen atoms in total. The lowest BCUT2D eigenvalue weighted by atomic mass is 9.86. The van der Waals surface area contributed by atoms with Crippen LogP contribution in [-0.4, -0.2) is 35.2 Å². The number of hydrogen-bond acceptors (Lipinski definition) is 2. The highest BCUT2D eigenvalue weighted by atomic mass is 32.1. The Balaban J connectivity index is 1.38. The minimum atomic E-state index is 0.524. The summed E-state index contributed by atoms with van der Waals surface area (Å²) in [6.45, 7) is 5.71. The molecule has 1 saturated heterocycles. The molecule has 0 aromatic heterocycles. The molecule has 3 rings (SSSR count). The van der Waals surface area contributed by atoms with Gasteiger partial charge in [-0.15, -0.1) is 0 Å². The fourth-order valence-electron chi connectivity index (χ4n) is 4.00. The van der Waals surface area contributed by atoms with Gasteiger partial charge in [-0.3, -0.25) is 4.90 Å². The van der Waals surface area contributed by atoms with E-state index in [0.29, 0.717) is 12.1 Å². The molecular formula is C20H31N3S. The van der Waals surface area contributed by atoms with Gasteiger partial charge in [0.15, 0.2) is 5.11 Å². The third kappa shape index (κ3) is 5.18. The van der Waals surface area contributed by atoms with Crippen molar-refractivity contribution in [1.82, 2.24) is 15.5 Å². The van der Waals surface area contributed by atoms with Crippen molar-refractivity contribution < 1.29 is 0 Å². The van der Waals surface area contributed by atoms with Crippen molar-refractivity contribution in [3.8, 4) is 0 Å². The van der Waals surface area contributed by atoms with Gasteiger partial charge < -0.3 is 10.6 Å². The maximum Gasteiger partial charge on any atom is 0.166 e. The van der Waals surface area contributed by atoms with Gasteiger partial charge in [-0.05, 0) is 49.4 Å². The van der Waals surface area contributed by atoms with Crippen LogP contribution in [0.1, 0.15) is 51.0 Å². The predicted molar refractivity (Wildman–Crippen MR) is 105 cm³/mol. The first-order valence-corrected chi connectivity index (χ1v) is 9.95. The van der Waals surface area contributed by atoms with Crippen LogP contribution >= 0.6 is 12.2 Å². The number of benzene rings is 1. The first-order chi connectivity index (χ1) is 11.7. The lowest BCUT2D eigenvalue weighted by Crippen LogP contribution is -2.51. The average molecular weight is 346 g/mol. The zero-order chi connectivity index (χ0) is 16.8. The summed E-state index contributed by atoms with van der Waals surface area (Å²) in [5.41, 5.74) is 1.41. The fraction of sp³-hybridized carbons (Fsp3) is 0.650. The quantitative estimate of drug-likeness (QED) is 0.814. The van der Waals surface area contributed by atoms with Crippen LogP contribution in [-0.2, 0) is 6.54 Å². The molecule has 4 heteroatoms. The molecule has 1 aliphatic carbocycles. The van der Waals surface area contributed by atoms with Crippen molar-refractivity contribution in [1.29, 1.82) is 0 Å². The first-order valence-electron chi connectivity index (χ1n) is 9.54. The number of rotatable bonds is 4. The van der Waals surface area contributed by atoms with Crippen LogP contribution in [0.5, 0.6) is 0 Å². The van der Waals surface area contributed by atoms with Crippen molar-refractivity contribution >= 4 is 17.3 Å². The third-order valence-corrected chi connectivity index (χ3v) is 5.84. The molecule has 0 bridgehead atoms. The van der Waals surface area contributed by atoms with E-state index in [1.165, 1.54) is 44.1 Å². The molecule has 1 aromatic carbocycles. The second-order valence-corrected chi connectivity index (χ2v) is 7.93. The van der Waals surface area contributed by atoms with Crippen molar-refractivity contribution in [2.45, 2.75) is 64.1 Å². The van der Waals surface area contributed by atoms with Gasteiger partial charge >= 0.3 is 0 Å². The van der Waals surface area contributed by atoms with Crippen LogP contribution in [0.15, 0.2) is 30.3 Å². The second kappa shape index (κ2) is 8.82. The van der Waals surface area contributed by atoms with Gasteiger partial charge in [0.1, 0.15) is 0 Å². The molecule has 1 heterocycles. The molecule has 1 saturated carbocycles. The van der Waals surface area contributed by atoms with Crippen LogP contribution < -0.4 is 10.6 Å². The minimum Gasteiger partial charge on any atom is -0.360 e. The first kappa shape index (κ1) is 17.7. The predicted octanol–water partition coefficient (Wildman–Crippen LogP) is 3.69. The van der Waals surface area contributed by atoms with Gasteiger partial charge in [0.05, 0.1) is 0 Å². The second-order valence-electron chi connectivity index (χ2n) is 7.52. The highest BCUT2D eigenvalue weighted by molar-refractivity contribution is 7.80. The maximum atomic E-state index is 5.57. The van der Waals surface area contributed by atoms with Gasteiger partial charge in [-0.25, -0.2) is 0 Å². The van der Waals surface area contributed by atoms with E-state index in [-0.39, 0.29) is 0 Å². The zero-order valence-corrected chi connectivity index (χ0v) is 15.7. The molecular weight excluding hydrogens is 314 g/mol. The van der Waals surface area contributed by atoms with Crippen LogP contribution in [0.4, 0.5) is 0 Å². The molecule has 1 aromatic rings. The number of likely N-dealkylation sites (tertiary alicyclic amines) is 1. The van der Waals surface area contributed by atoms with Crippen LogP contribution in [0.25, 0.3) is 0 Å². The van der Waals surface area contributed by atoms with Crippen molar-refractivity contribution in [3.05, 3.63) is 35.9 Å². The molecule has 2 aliphatic rings. The SMILES string of the molecule is C[C@@H]1CCCC[C@@H]1NC(=S)NC1CCN(Cc2ccccc2)CC1. The normalized spacial score (nSPS) is 26.0. The molecule has 0 radical (unpaired) electrons. The Kier molecular flexibility index (Phi) is 6.50. The number of thiocarbonyl (C=S) groups is 1. The number of nitrogens with one attached hydrogen (secondary N) is 2. The summed E-state index contributed by atoms with van der Waals surface area (Å²) < 4.78 is 0. The minimum absolute atomic E-state index is 0.524. The van der Waals surface area contributed by atoms with E-state index in [9.17, 15) is 0 Å². The summed E-state index contributed by atoms with van der Waals surface area (Å²) >= 11 is 5.57. The van der Waals surface area contributed by atoms with Crippen LogP contribution in [0.3, 0.4) is 0 Å². The molecule has 2 N–H and O–H groups in total. The molecule has 2 fully saturated rings. The molecule has 0 amide bonds. The zero-order valence-electron chi connectivity index (χ0n) is 14.8. The highest BCUT2D eigenvalue weighted by Crippen LogP contribution is 2.23. The van der Waals surface area contributed by atoms with Crippen molar-refractivity contribution in [3.63, 3.8) is 0 Å². The molecule has 132 valence electrons. The van der Waals surface area contributed by atoms with Gasteiger partial charge in [0.2, 0.25) is 0 Å². The third-order valence-electron chi connectivity index (χ3n) is 5.60. The largest absolute Gasteiger partial charge is 0.360 e. The highest BCUT2D eigenvalue weighted by Gasteiger charge is 2.24. The molecule has 1 aliphatic heterocycles. The average Bonchev–Trinajstić information content (AvgIpc) is 2.60. The molecule has 2 atom stereocenters. The Morgan fingerprint density at radius 1 is 1.04 bits per heavy atom. The van der Waals surface area contributed by atoms with Gasteiger partial charge in [0, 0.05) is 31.7 Å². The van der Waals surface area contributed by atoms with Crippen molar-refractivity contribution in [2.24, 2.45) is 5.92 Å². The van der Waals surface area contributed by atoms with Gasteiger partial charge in [0.25, 0.3) is 0 Å². The van der Waals surface area contributed by atoms with Crippen LogP contribution in [0, 0.1) is 5.92 Å². The lowest BCUT2D eigenvalue weighted by molar-refractivity contribution is 0.198. The summed E-state index contributed by atoms with van der Waals surface area (Å²) in [6.07, 6.45) is 7.66. The summed E-state index contributed by atoms with van der Waals surface area (Å²) in [5, 5.41) is 8.01. The molecule has 24 heavy (non-hydrogen) atoms. The van der Waals surface area contributed by atoms with Gasteiger partial charge in [-0.2, -0.15) is 0 Å². The molecule has 0 spiro atoms. The Hall–Kier alpha value is -1.13. The van der Waals surface area contributed by atoms with Crippen LogP contribution in [0.2, 0.25) is 0 Å². The fourth-order valence-corrected chi connectivity index (χ4v) is 4.32. The van der Waals surface area contributed by atoms with E-state index in [1.807, 2.05) is 0 Å². The Labute approximate surface area is 152 Å². The summed E-state index contributed by atoms with van der Waals surface area (Å²) in [5.74, 6) is 0.742. The number of hydrogen-bond donors (Lipinski definition) is 2. The molecule has 0 unspecified atom stereocenters. The topological polar surface area (TPSA) is 27.3 Å². The lowest BCUT2D eigenvalue weighted by Gasteiger charge is -2.35. The Bertz CT molecular complexity index is 511. The monoisotopic (exact) mass is 345 g/mol. The summed E-state index contributed by atoms with van der Waals surface area (Å²) in [6, 6.07) is 11.9. The standard InChI is InChI=1S/C20H31N3S/c1-16-7-5-6-10-19(16)22-20(24)21-18-11-13-23(14-12-18)15-17-8-3-2-4-9-17/h2-4,8-9,16,18-19H,5-7,10-15H2,1H3,(H2,21,22,24)/t16-,19+/m1/s1. The van der Waals surface area contributed by atoms with E-state index in [1.54, 1.807) is 0 Å². The smallest absolute Gasteiger partial charge is 0.166 e. The van der Waals surface area contributed by atoms with E-state index in [2.05, 4.69) is 52.8 Å².